The largest absolute Gasteiger partial charge is 0.493 e. The van der Waals surface area contributed by atoms with Gasteiger partial charge in [-0.2, -0.15) is 0 Å². The maximum atomic E-state index is 5.96. The van der Waals surface area contributed by atoms with E-state index in [4.69, 9.17) is 9.47 Å². The molecule has 0 radical (unpaired) electrons. The zero-order valence-electron chi connectivity index (χ0n) is 16.9. The van der Waals surface area contributed by atoms with Crippen molar-refractivity contribution >= 4 is 5.96 Å². The van der Waals surface area contributed by atoms with Crippen LogP contribution in [0.25, 0.3) is 5.69 Å². The highest BCUT2D eigenvalue weighted by molar-refractivity contribution is 5.79. The van der Waals surface area contributed by atoms with Gasteiger partial charge in [-0.1, -0.05) is 30.3 Å². The van der Waals surface area contributed by atoms with Gasteiger partial charge in [-0.15, -0.1) is 10.2 Å². The van der Waals surface area contributed by atoms with Crippen LogP contribution in [0.1, 0.15) is 12.7 Å². The first-order valence-electron chi connectivity index (χ1n) is 9.39. The van der Waals surface area contributed by atoms with Gasteiger partial charge < -0.3 is 20.1 Å². The highest BCUT2D eigenvalue weighted by atomic mass is 16.5. The molecule has 2 aromatic carbocycles. The Morgan fingerprint density at radius 3 is 2.52 bits per heavy atom. The Kier molecular flexibility index (Phi) is 7.05. The molecule has 0 fully saturated rings. The molecule has 3 rings (SSSR count). The normalized spacial score (nSPS) is 12.3. The molecule has 8 heteroatoms. The molecule has 152 valence electrons. The fourth-order valence-electron chi connectivity index (χ4n) is 2.78. The number of aliphatic imine (C=N–C) groups is 1. The highest BCUT2D eigenvalue weighted by Gasteiger charge is 2.11. The van der Waals surface area contributed by atoms with Crippen LogP contribution in [0, 0.1) is 0 Å². The number of ether oxygens (including phenoxy) is 2. The molecule has 2 N–H and O–H groups in total. The van der Waals surface area contributed by atoms with Crippen LogP contribution < -0.4 is 20.1 Å². The minimum Gasteiger partial charge on any atom is -0.493 e. The molecule has 0 saturated carbocycles. The van der Waals surface area contributed by atoms with Crippen LogP contribution >= 0.6 is 0 Å². The second-order valence-electron chi connectivity index (χ2n) is 6.34. The number of hydrogen-bond donors (Lipinski definition) is 2. The average molecular weight is 394 g/mol. The van der Waals surface area contributed by atoms with Gasteiger partial charge in [0.15, 0.2) is 23.3 Å². The van der Waals surface area contributed by atoms with Gasteiger partial charge in [-0.3, -0.25) is 9.56 Å². The molecule has 1 heterocycles. The van der Waals surface area contributed by atoms with Gasteiger partial charge >= 0.3 is 0 Å². The Labute approximate surface area is 170 Å². The quantitative estimate of drug-likeness (QED) is 0.451. The van der Waals surface area contributed by atoms with Crippen molar-refractivity contribution in [2.24, 2.45) is 4.99 Å². The molecule has 0 amide bonds. The Hall–Kier alpha value is -3.55. The fourth-order valence-corrected chi connectivity index (χ4v) is 2.78. The van der Waals surface area contributed by atoms with Crippen LogP contribution in [0.15, 0.2) is 65.9 Å². The van der Waals surface area contributed by atoms with E-state index in [0.717, 1.165) is 11.5 Å². The smallest absolute Gasteiger partial charge is 0.191 e. The second kappa shape index (κ2) is 10.1. The molecular formula is C21H26N6O2. The molecule has 0 spiro atoms. The molecule has 29 heavy (non-hydrogen) atoms. The van der Waals surface area contributed by atoms with Crippen LogP contribution in [0.2, 0.25) is 0 Å². The third-order valence-electron chi connectivity index (χ3n) is 4.24. The monoisotopic (exact) mass is 394 g/mol. The first-order valence-corrected chi connectivity index (χ1v) is 9.39. The number of hydrogen-bond acceptors (Lipinski definition) is 5. The Morgan fingerprint density at radius 1 is 1.07 bits per heavy atom. The predicted molar refractivity (Wildman–Crippen MR) is 113 cm³/mol. The second-order valence-corrected chi connectivity index (χ2v) is 6.34. The zero-order valence-corrected chi connectivity index (χ0v) is 16.9. The summed E-state index contributed by atoms with van der Waals surface area (Å²) in [5.41, 5.74) is 1.01. The molecule has 1 unspecified atom stereocenters. The third kappa shape index (κ3) is 5.47. The molecular weight excluding hydrogens is 368 g/mol. The van der Waals surface area contributed by atoms with Gasteiger partial charge in [0.1, 0.15) is 12.4 Å². The maximum Gasteiger partial charge on any atom is 0.191 e. The van der Waals surface area contributed by atoms with E-state index in [1.54, 1.807) is 20.5 Å². The number of guanidine groups is 1. The topological polar surface area (TPSA) is 85.6 Å². The van der Waals surface area contributed by atoms with Crippen molar-refractivity contribution in [3.8, 4) is 17.2 Å². The lowest BCUT2D eigenvalue weighted by molar-refractivity contribution is 0.213. The number of nitrogens with one attached hydrogen (secondary N) is 2. The summed E-state index contributed by atoms with van der Waals surface area (Å²) in [6, 6.07) is 17.6. The molecule has 1 atom stereocenters. The van der Waals surface area contributed by atoms with E-state index in [1.165, 1.54) is 0 Å². The number of benzene rings is 2. The predicted octanol–water partition coefficient (Wildman–Crippen LogP) is 2.41. The van der Waals surface area contributed by atoms with Crippen LogP contribution in [0.5, 0.6) is 11.5 Å². The van der Waals surface area contributed by atoms with E-state index >= 15 is 0 Å². The van der Waals surface area contributed by atoms with E-state index in [9.17, 15) is 0 Å². The van der Waals surface area contributed by atoms with E-state index in [2.05, 4.69) is 25.8 Å². The lowest BCUT2D eigenvalue weighted by Gasteiger charge is -2.19. The van der Waals surface area contributed by atoms with Crippen molar-refractivity contribution < 1.29 is 9.47 Å². The molecule has 8 nitrogen and oxygen atoms in total. The SMILES string of the molecule is CN=C(NCc1nncn1-c1ccccc1)NCC(C)Oc1ccccc1OC. The molecule has 0 saturated heterocycles. The lowest BCUT2D eigenvalue weighted by atomic mass is 10.3. The summed E-state index contributed by atoms with van der Waals surface area (Å²) in [5.74, 6) is 2.87. The summed E-state index contributed by atoms with van der Waals surface area (Å²) >= 11 is 0. The highest BCUT2D eigenvalue weighted by Crippen LogP contribution is 2.26. The number of methoxy groups -OCH3 is 1. The van der Waals surface area contributed by atoms with Gasteiger partial charge in [0.2, 0.25) is 0 Å². The van der Waals surface area contributed by atoms with Crippen LogP contribution in [0.3, 0.4) is 0 Å². The zero-order chi connectivity index (χ0) is 20.5. The average Bonchev–Trinajstić information content (AvgIpc) is 3.23. The van der Waals surface area contributed by atoms with E-state index in [1.807, 2.05) is 66.1 Å². The van der Waals surface area contributed by atoms with E-state index in [0.29, 0.717) is 30.5 Å². The van der Waals surface area contributed by atoms with Gasteiger partial charge in [0.05, 0.1) is 20.2 Å². The van der Waals surface area contributed by atoms with Crippen LogP contribution in [0.4, 0.5) is 0 Å². The Balaban J connectivity index is 1.52. The van der Waals surface area contributed by atoms with Crippen molar-refractivity contribution in [3.05, 3.63) is 66.7 Å². The summed E-state index contributed by atoms with van der Waals surface area (Å²) < 4.78 is 13.2. The van der Waals surface area contributed by atoms with E-state index < -0.39 is 0 Å². The Bertz CT molecular complexity index is 926. The summed E-state index contributed by atoms with van der Waals surface area (Å²) in [5, 5.41) is 14.7. The number of rotatable bonds is 8. The number of nitrogens with zero attached hydrogens (tertiary/aromatic N) is 4. The van der Waals surface area contributed by atoms with Crippen molar-refractivity contribution in [3.63, 3.8) is 0 Å². The van der Waals surface area contributed by atoms with Gasteiger partial charge in [0, 0.05) is 12.7 Å². The summed E-state index contributed by atoms with van der Waals surface area (Å²) in [7, 11) is 3.36. The minimum absolute atomic E-state index is 0.0854. The first kappa shape index (κ1) is 20.2. The minimum atomic E-state index is -0.0854. The van der Waals surface area contributed by atoms with Gasteiger partial charge in [0.25, 0.3) is 0 Å². The maximum absolute atomic E-state index is 5.96. The number of para-hydroxylation sites is 3. The van der Waals surface area contributed by atoms with Crippen LogP contribution in [-0.4, -0.2) is 47.5 Å². The molecule has 0 aliphatic heterocycles. The Morgan fingerprint density at radius 2 is 1.79 bits per heavy atom. The molecule has 1 aromatic heterocycles. The summed E-state index contributed by atoms with van der Waals surface area (Å²) in [6.07, 6.45) is 1.61. The molecule has 0 aliphatic carbocycles. The third-order valence-corrected chi connectivity index (χ3v) is 4.24. The molecule has 3 aromatic rings. The van der Waals surface area contributed by atoms with E-state index in [-0.39, 0.29) is 6.10 Å². The summed E-state index contributed by atoms with van der Waals surface area (Å²) in [4.78, 5) is 4.26. The van der Waals surface area contributed by atoms with Crippen molar-refractivity contribution in [1.29, 1.82) is 0 Å². The van der Waals surface area contributed by atoms with Gasteiger partial charge in [-0.05, 0) is 31.2 Å². The molecule has 0 aliphatic rings. The van der Waals surface area contributed by atoms with Crippen molar-refractivity contribution in [2.45, 2.75) is 19.6 Å². The van der Waals surface area contributed by atoms with Gasteiger partial charge in [-0.25, -0.2) is 0 Å². The molecule has 0 bridgehead atoms. The summed E-state index contributed by atoms with van der Waals surface area (Å²) in [6.45, 7) is 3.04. The standard InChI is InChI=1S/C21H26N6O2/c1-16(29-19-12-8-7-11-18(19)28-3)13-23-21(22-2)24-14-20-26-25-15-27(20)17-9-5-4-6-10-17/h4-12,15-16H,13-14H2,1-3H3,(H2,22,23,24). The fraction of sp³-hybridized carbons (Fsp3) is 0.286. The lowest BCUT2D eigenvalue weighted by Crippen LogP contribution is -2.41. The van der Waals surface area contributed by atoms with Crippen molar-refractivity contribution in [1.82, 2.24) is 25.4 Å². The van der Waals surface area contributed by atoms with Crippen LogP contribution in [-0.2, 0) is 6.54 Å². The van der Waals surface area contributed by atoms with Crippen molar-refractivity contribution in [2.75, 3.05) is 20.7 Å². The number of aromatic nitrogens is 3. The first-order chi connectivity index (χ1) is 14.2.